The number of halogens is 3. The second-order valence-electron chi connectivity index (χ2n) is 4.93. The Bertz CT molecular complexity index is 664. The smallest absolute Gasteiger partial charge is 0.335 e. The first kappa shape index (κ1) is 16.5. The number of rotatable bonds is 4. The van der Waals surface area contributed by atoms with E-state index in [-0.39, 0.29) is 17.8 Å². The fourth-order valence-electron chi connectivity index (χ4n) is 1.85. The number of carbonyl (C=O) groups excluding carboxylic acids is 1. The van der Waals surface area contributed by atoms with Gasteiger partial charge in [-0.2, -0.15) is 18.2 Å². The minimum Gasteiger partial charge on any atom is -0.335 e. The van der Waals surface area contributed by atoms with Gasteiger partial charge in [0, 0.05) is 17.8 Å². The topological polar surface area (TPSA) is 59.2 Å². The van der Waals surface area contributed by atoms with Gasteiger partial charge in [-0.15, -0.1) is 11.3 Å². The molecule has 0 aliphatic carbocycles. The molecule has 5 nitrogen and oxygen atoms in total. The Labute approximate surface area is 128 Å². The molecule has 0 spiro atoms. The van der Waals surface area contributed by atoms with E-state index in [0.29, 0.717) is 11.4 Å². The van der Waals surface area contributed by atoms with Gasteiger partial charge >= 0.3 is 12.1 Å². The summed E-state index contributed by atoms with van der Waals surface area (Å²) >= 11 is 1.23. The van der Waals surface area contributed by atoms with Gasteiger partial charge in [-0.25, -0.2) is 0 Å². The summed E-state index contributed by atoms with van der Waals surface area (Å²) in [5.74, 6) is -1.55. The quantitative estimate of drug-likeness (QED) is 0.858. The van der Waals surface area contributed by atoms with Crippen LogP contribution in [0.5, 0.6) is 0 Å². The maximum Gasteiger partial charge on any atom is 0.471 e. The van der Waals surface area contributed by atoms with Gasteiger partial charge in [0.15, 0.2) is 0 Å². The van der Waals surface area contributed by atoms with Crippen molar-refractivity contribution in [2.24, 2.45) is 0 Å². The largest absolute Gasteiger partial charge is 0.471 e. The highest BCUT2D eigenvalue weighted by molar-refractivity contribution is 7.15. The molecule has 0 N–H and O–H groups in total. The van der Waals surface area contributed by atoms with Crippen molar-refractivity contribution in [3.8, 4) is 10.7 Å². The zero-order valence-corrected chi connectivity index (χ0v) is 13.0. The molecule has 2 rings (SSSR count). The molecule has 2 aromatic rings. The van der Waals surface area contributed by atoms with Crippen LogP contribution in [0.2, 0.25) is 0 Å². The number of nitrogens with zero attached hydrogens (tertiary/aromatic N) is 3. The Morgan fingerprint density at radius 3 is 2.59 bits per heavy atom. The van der Waals surface area contributed by atoms with Crippen molar-refractivity contribution in [3.05, 3.63) is 22.9 Å². The van der Waals surface area contributed by atoms with E-state index < -0.39 is 12.1 Å². The van der Waals surface area contributed by atoms with E-state index in [1.807, 2.05) is 13.8 Å². The summed E-state index contributed by atoms with van der Waals surface area (Å²) in [6.45, 7) is 5.65. The summed E-state index contributed by atoms with van der Waals surface area (Å²) in [5.41, 5.74) is 0. The van der Waals surface area contributed by atoms with Gasteiger partial charge in [-0.05, 0) is 26.0 Å². The number of aromatic nitrogens is 2. The highest BCUT2D eigenvalue weighted by Crippen LogP contribution is 2.32. The SMILES string of the molecule is CC(=O)N(Cc1ccc(-c2noc(C(F)(F)F)n2)s1)C(C)C. The van der Waals surface area contributed by atoms with Gasteiger partial charge in [-0.1, -0.05) is 5.16 Å². The van der Waals surface area contributed by atoms with Gasteiger partial charge in [0.2, 0.25) is 11.7 Å². The molecule has 120 valence electrons. The van der Waals surface area contributed by atoms with E-state index in [0.717, 1.165) is 4.88 Å². The molecule has 2 heterocycles. The number of carbonyl (C=O) groups is 1. The van der Waals surface area contributed by atoms with Crippen molar-refractivity contribution in [2.45, 2.75) is 39.5 Å². The van der Waals surface area contributed by atoms with E-state index in [4.69, 9.17) is 0 Å². The minimum atomic E-state index is -4.66. The van der Waals surface area contributed by atoms with Gasteiger partial charge in [-0.3, -0.25) is 4.79 Å². The van der Waals surface area contributed by atoms with E-state index in [1.165, 1.54) is 18.3 Å². The van der Waals surface area contributed by atoms with Gasteiger partial charge < -0.3 is 9.42 Å². The Morgan fingerprint density at radius 2 is 2.09 bits per heavy atom. The molecular formula is C13H14F3N3O2S. The third kappa shape index (κ3) is 3.65. The number of hydrogen-bond donors (Lipinski definition) is 0. The standard InChI is InChI=1S/C13H14F3N3O2S/c1-7(2)19(8(3)20)6-9-4-5-10(22-9)11-17-12(21-18-11)13(14,15)16/h4-5,7H,6H2,1-3H3. The van der Waals surface area contributed by atoms with Gasteiger partial charge in [0.25, 0.3) is 0 Å². The van der Waals surface area contributed by atoms with Crippen LogP contribution in [0.4, 0.5) is 13.2 Å². The molecule has 0 aliphatic heterocycles. The van der Waals surface area contributed by atoms with E-state index in [9.17, 15) is 18.0 Å². The number of amides is 1. The lowest BCUT2D eigenvalue weighted by Gasteiger charge is -2.24. The molecule has 1 amide bonds. The van der Waals surface area contributed by atoms with Crippen LogP contribution in [-0.2, 0) is 17.5 Å². The highest BCUT2D eigenvalue weighted by atomic mass is 32.1. The first-order valence-electron chi connectivity index (χ1n) is 6.45. The summed E-state index contributed by atoms with van der Waals surface area (Å²) < 4.78 is 41.5. The number of alkyl halides is 3. The summed E-state index contributed by atoms with van der Waals surface area (Å²) in [7, 11) is 0. The van der Waals surface area contributed by atoms with Crippen LogP contribution in [0.3, 0.4) is 0 Å². The molecule has 9 heteroatoms. The minimum absolute atomic E-state index is 0.0325. The molecule has 0 saturated carbocycles. The molecule has 0 radical (unpaired) electrons. The molecule has 0 aromatic carbocycles. The number of thiophene rings is 1. The average molecular weight is 333 g/mol. The van der Waals surface area contributed by atoms with Crippen molar-refractivity contribution in [2.75, 3.05) is 0 Å². The van der Waals surface area contributed by atoms with Crippen LogP contribution in [-0.4, -0.2) is 27.0 Å². The van der Waals surface area contributed by atoms with Crippen LogP contribution in [0.15, 0.2) is 16.7 Å². The van der Waals surface area contributed by atoms with Crippen LogP contribution in [0.25, 0.3) is 10.7 Å². The van der Waals surface area contributed by atoms with Crippen LogP contribution in [0.1, 0.15) is 31.5 Å². The molecule has 0 atom stereocenters. The van der Waals surface area contributed by atoms with Crippen molar-refractivity contribution in [1.82, 2.24) is 15.0 Å². The van der Waals surface area contributed by atoms with Crippen molar-refractivity contribution in [1.29, 1.82) is 0 Å². The van der Waals surface area contributed by atoms with E-state index in [2.05, 4.69) is 14.7 Å². The monoisotopic (exact) mass is 333 g/mol. The Kier molecular flexibility index (Phi) is 4.55. The van der Waals surface area contributed by atoms with Gasteiger partial charge in [0.05, 0.1) is 11.4 Å². The van der Waals surface area contributed by atoms with Crippen molar-refractivity contribution in [3.63, 3.8) is 0 Å². The highest BCUT2D eigenvalue weighted by Gasteiger charge is 2.38. The average Bonchev–Trinajstić information content (AvgIpc) is 3.03. The summed E-state index contributed by atoms with van der Waals surface area (Å²) in [4.78, 5) is 17.8. The van der Waals surface area contributed by atoms with Gasteiger partial charge in [0.1, 0.15) is 0 Å². The lowest BCUT2D eigenvalue weighted by molar-refractivity contribution is -0.159. The third-order valence-corrected chi connectivity index (χ3v) is 3.97. The Hall–Kier alpha value is -1.90. The maximum absolute atomic E-state index is 12.4. The molecule has 0 bridgehead atoms. The fraction of sp³-hybridized carbons (Fsp3) is 0.462. The lowest BCUT2D eigenvalue weighted by Crippen LogP contribution is -2.34. The molecule has 0 aliphatic rings. The normalized spacial score (nSPS) is 12.0. The zero-order chi connectivity index (χ0) is 16.5. The molecule has 0 saturated heterocycles. The molecular weight excluding hydrogens is 319 g/mol. The van der Waals surface area contributed by atoms with E-state index in [1.54, 1.807) is 17.0 Å². The molecule has 2 aromatic heterocycles. The molecule has 0 unspecified atom stereocenters. The summed E-state index contributed by atoms with van der Waals surface area (Å²) in [6, 6.07) is 3.39. The predicted molar refractivity (Wildman–Crippen MR) is 74.0 cm³/mol. The second-order valence-corrected chi connectivity index (χ2v) is 6.10. The summed E-state index contributed by atoms with van der Waals surface area (Å²) in [5, 5.41) is 3.34. The van der Waals surface area contributed by atoms with Crippen LogP contribution >= 0.6 is 11.3 Å². The molecule has 22 heavy (non-hydrogen) atoms. The van der Waals surface area contributed by atoms with Crippen LogP contribution < -0.4 is 0 Å². The zero-order valence-electron chi connectivity index (χ0n) is 12.1. The van der Waals surface area contributed by atoms with Crippen LogP contribution in [0, 0.1) is 0 Å². The fourth-order valence-corrected chi connectivity index (χ4v) is 2.78. The first-order chi connectivity index (χ1) is 10.2. The Balaban J connectivity index is 2.18. The third-order valence-electron chi connectivity index (χ3n) is 2.90. The van der Waals surface area contributed by atoms with Crippen molar-refractivity contribution >= 4 is 17.2 Å². The second kappa shape index (κ2) is 6.07. The van der Waals surface area contributed by atoms with Crippen molar-refractivity contribution < 1.29 is 22.5 Å². The predicted octanol–water partition coefficient (Wildman–Crippen LogP) is 3.57. The van der Waals surface area contributed by atoms with E-state index >= 15 is 0 Å². The molecule has 0 fully saturated rings. The first-order valence-corrected chi connectivity index (χ1v) is 7.27. The lowest BCUT2D eigenvalue weighted by atomic mass is 10.3. The summed E-state index contributed by atoms with van der Waals surface area (Å²) in [6.07, 6.45) is -4.66. The maximum atomic E-state index is 12.4. The Morgan fingerprint density at radius 1 is 1.41 bits per heavy atom. The number of hydrogen-bond acceptors (Lipinski definition) is 5.